The smallest absolute Gasteiger partial charge is 0.306 e. The number of carboxylic acid groups (broad SMARTS) is 1. The number of aliphatic carboxylic acids is 1. The molecule has 1 saturated carbocycles. The van der Waals surface area contributed by atoms with E-state index in [1.54, 1.807) is 7.05 Å². The maximum atomic E-state index is 11.7. The van der Waals surface area contributed by atoms with Crippen LogP contribution in [0.5, 0.6) is 0 Å². The molecule has 0 aromatic rings. The molecule has 5 nitrogen and oxygen atoms in total. The monoisotopic (exact) mass is 228 g/mol. The maximum absolute atomic E-state index is 11.7. The van der Waals surface area contributed by atoms with E-state index in [0.717, 1.165) is 6.42 Å². The van der Waals surface area contributed by atoms with Crippen molar-refractivity contribution in [3.8, 4) is 0 Å². The zero-order valence-corrected chi connectivity index (χ0v) is 9.82. The zero-order valence-electron chi connectivity index (χ0n) is 9.82. The van der Waals surface area contributed by atoms with Gasteiger partial charge in [0.2, 0.25) is 5.91 Å². The Bertz CT molecular complexity index is 268. The lowest BCUT2D eigenvalue weighted by atomic mass is 10.1. The molecule has 3 N–H and O–H groups in total. The average Bonchev–Trinajstić information content (AvgIpc) is 2.66. The van der Waals surface area contributed by atoms with E-state index in [2.05, 4.69) is 10.6 Å². The number of carbonyl (C=O) groups excluding carboxylic acids is 1. The largest absolute Gasteiger partial charge is 0.481 e. The molecular formula is C11H20N2O3. The molecule has 0 heterocycles. The van der Waals surface area contributed by atoms with Gasteiger partial charge in [-0.1, -0.05) is 6.92 Å². The van der Waals surface area contributed by atoms with Gasteiger partial charge in [0.15, 0.2) is 0 Å². The van der Waals surface area contributed by atoms with Crippen molar-refractivity contribution < 1.29 is 14.7 Å². The highest BCUT2D eigenvalue weighted by atomic mass is 16.4. The lowest BCUT2D eigenvalue weighted by Gasteiger charge is -2.16. The number of rotatable bonds is 5. The molecule has 0 aromatic carbocycles. The topological polar surface area (TPSA) is 78.4 Å². The van der Waals surface area contributed by atoms with Crippen LogP contribution >= 0.6 is 0 Å². The van der Waals surface area contributed by atoms with E-state index >= 15 is 0 Å². The summed E-state index contributed by atoms with van der Waals surface area (Å²) in [6, 6.07) is 0.0351. The van der Waals surface area contributed by atoms with Gasteiger partial charge in [0.05, 0.1) is 5.92 Å². The molecule has 1 amide bonds. The van der Waals surface area contributed by atoms with Crippen molar-refractivity contribution in [3.63, 3.8) is 0 Å². The van der Waals surface area contributed by atoms with Crippen LogP contribution in [0.15, 0.2) is 0 Å². The first-order chi connectivity index (χ1) is 7.54. The summed E-state index contributed by atoms with van der Waals surface area (Å²) in [5.41, 5.74) is 0. The Hall–Kier alpha value is -1.10. The summed E-state index contributed by atoms with van der Waals surface area (Å²) in [5.74, 6) is -1.11. The van der Waals surface area contributed by atoms with E-state index in [9.17, 15) is 9.59 Å². The third-order valence-corrected chi connectivity index (χ3v) is 3.09. The third kappa shape index (κ3) is 3.48. The number of carboxylic acids is 1. The van der Waals surface area contributed by atoms with Crippen molar-refractivity contribution in [2.24, 2.45) is 11.8 Å². The maximum Gasteiger partial charge on any atom is 0.306 e. The first-order valence-corrected chi connectivity index (χ1v) is 5.72. The van der Waals surface area contributed by atoms with E-state index in [-0.39, 0.29) is 23.8 Å². The number of nitrogens with one attached hydrogen (secondary N) is 2. The van der Waals surface area contributed by atoms with Gasteiger partial charge in [-0.25, -0.2) is 0 Å². The fraction of sp³-hybridized carbons (Fsp3) is 0.818. The molecule has 1 aliphatic rings. The second-order valence-electron chi connectivity index (χ2n) is 4.51. The van der Waals surface area contributed by atoms with Gasteiger partial charge < -0.3 is 15.7 Å². The first kappa shape index (κ1) is 13.0. The molecule has 0 spiro atoms. The Labute approximate surface area is 95.6 Å². The third-order valence-electron chi connectivity index (χ3n) is 3.09. The number of amides is 1. The Kier molecular flexibility index (Phi) is 4.73. The first-order valence-electron chi connectivity index (χ1n) is 5.72. The Balaban J connectivity index is 2.33. The second kappa shape index (κ2) is 5.84. The lowest BCUT2D eigenvalue weighted by molar-refractivity contribution is -0.141. The van der Waals surface area contributed by atoms with Crippen molar-refractivity contribution in [2.75, 3.05) is 13.6 Å². The minimum Gasteiger partial charge on any atom is -0.481 e. The van der Waals surface area contributed by atoms with Gasteiger partial charge in [0.25, 0.3) is 0 Å². The van der Waals surface area contributed by atoms with E-state index in [0.29, 0.717) is 19.4 Å². The van der Waals surface area contributed by atoms with Crippen molar-refractivity contribution in [1.29, 1.82) is 0 Å². The van der Waals surface area contributed by atoms with E-state index in [1.165, 1.54) is 0 Å². The van der Waals surface area contributed by atoms with Gasteiger partial charge in [-0.2, -0.15) is 0 Å². The molecule has 5 heteroatoms. The molecule has 0 aromatic heterocycles. The summed E-state index contributed by atoms with van der Waals surface area (Å²) in [4.78, 5) is 22.4. The van der Waals surface area contributed by atoms with Crippen LogP contribution < -0.4 is 10.6 Å². The van der Waals surface area contributed by atoms with Gasteiger partial charge >= 0.3 is 5.97 Å². The molecular weight excluding hydrogens is 208 g/mol. The molecule has 0 radical (unpaired) electrons. The van der Waals surface area contributed by atoms with Crippen LogP contribution in [0.1, 0.15) is 26.2 Å². The zero-order chi connectivity index (χ0) is 12.1. The van der Waals surface area contributed by atoms with Crippen LogP contribution in [0, 0.1) is 11.8 Å². The Morgan fingerprint density at radius 1 is 1.44 bits per heavy atom. The highest BCUT2D eigenvalue weighted by Crippen LogP contribution is 2.25. The molecule has 16 heavy (non-hydrogen) atoms. The molecule has 0 saturated heterocycles. The minimum atomic E-state index is -0.750. The van der Waals surface area contributed by atoms with Gasteiger partial charge in [-0.05, 0) is 26.3 Å². The van der Waals surface area contributed by atoms with E-state index in [1.807, 2.05) is 6.92 Å². The van der Waals surface area contributed by atoms with E-state index < -0.39 is 5.97 Å². The molecule has 1 fully saturated rings. The highest BCUT2D eigenvalue weighted by Gasteiger charge is 2.31. The van der Waals surface area contributed by atoms with Crippen molar-refractivity contribution in [1.82, 2.24) is 10.6 Å². The van der Waals surface area contributed by atoms with Gasteiger partial charge in [0.1, 0.15) is 0 Å². The quantitative estimate of drug-likeness (QED) is 0.628. The second-order valence-corrected chi connectivity index (χ2v) is 4.51. The lowest BCUT2D eigenvalue weighted by Crippen LogP contribution is -2.39. The number of hydrogen-bond donors (Lipinski definition) is 3. The molecule has 0 aliphatic heterocycles. The van der Waals surface area contributed by atoms with Crippen LogP contribution in [-0.2, 0) is 9.59 Å². The van der Waals surface area contributed by atoms with Crippen molar-refractivity contribution in [2.45, 2.75) is 32.2 Å². The summed E-state index contributed by atoms with van der Waals surface area (Å²) < 4.78 is 0. The number of carbonyl (C=O) groups is 2. The van der Waals surface area contributed by atoms with Crippen molar-refractivity contribution >= 4 is 11.9 Å². The Morgan fingerprint density at radius 3 is 2.62 bits per heavy atom. The van der Waals surface area contributed by atoms with Gasteiger partial charge in [-0.3, -0.25) is 9.59 Å². The molecule has 0 bridgehead atoms. The van der Waals surface area contributed by atoms with Crippen LogP contribution in [0.2, 0.25) is 0 Å². The van der Waals surface area contributed by atoms with Crippen LogP contribution in [0.25, 0.3) is 0 Å². The standard InChI is InChI=1S/C11H20N2O3/c1-7(6-12-2)10(14)13-9-4-3-8(5-9)11(15)16/h7-9,12H,3-6H2,1-2H3,(H,13,14)(H,15,16). The molecule has 1 rings (SSSR count). The summed E-state index contributed by atoms with van der Waals surface area (Å²) in [6.07, 6.45) is 2.00. The Morgan fingerprint density at radius 2 is 2.12 bits per heavy atom. The fourth-order valence-corrected chi connectivity index (χ4v) is 2.08. The SMILES string of the molecule is CNCC(C)C(=O)NC1CCC(C(=O)O)C1. The highest BCUT2D eigenvalue weighted by molar-refractivity contribution is 5.79. The normalized spacial score (nSPS) is 26.4. The van der Waals surface area contributed by atoms with Gasteiger partial charge in [-0.15, -0.1) is 0 Å². The molecule has 3 atom stereocenters. The van der Waals surface area contributed by atoms with Crippen molar-refractivity contribution in [3.05, 3.63) is 0 Å². The fourth-order valence-electron chi connectivity index (χ4n) is 2.08. The predicted octanol–water partition coefficient (Wildman–Crippen LogP) is 0.211. The summed E-state index contributed by atoms with van der Waals surface area (Å²) in [5, 5.41) is 14.7. The predicted molar refractivity (Wildman–Crippen MR) is 60.0 cm³/mol. The van der Waals surface area contributed by atoms with Gasteiger partial charge in [0, 0.05) is 18.5 Å². The van der Waals surface area contributed by atoms with Crippen LogP contribution in [-0.4, -0.2) is 36.6 Å². The van der Waals surface area contributed by atoms with Crippen LogP contribution in [0.4, 0.5) is 0 Å². The van der Waals surface area contributed by atoms with Crippen LogP contribution in [0.3, 0.4) is 0 Å². The summed E-state index contributed by atoms with van der Waals surface area (Å²) >= 11 is 0. The molecule has 3 unspecified atom stereocenters. The summed E-state index contributed by atoms with van der Waals surface area (Å²) in [6.45, 7) is 2.50. The minimum absolute atomic E-state index is 0.00499. The van der Waals surface area contributed by atoms with E-state index in [4.69, 9.17) is 5.11 Å². The molecule has 92 valence electrons. The number of hydrogen-bond acceptors (Lipinski definition) is 3. The summed E-state index contributed by atoms with van der Waals surface area (Å²) in [7, 11) is 1.81. The average molecular weight is 228 g/mol. The molecule has 1 aliphatic carbocycles.